The molecule has 3 N–H and O–H groups in total. The molecule has 0 aliphatic carbocycles. The number of fused-ring (bicyclic) bond motifs is 1. The van der Waals surface area contributed by atoms with Crippen molar-refractivity contribution in [3.8, 4) is 11.3 Å². The molecule has 4 aromatic rings. The maximum atomic E-state index is 9.19. The van der Waals surface area contributed by atoms with Gasteiger partial charge in [0.2, 0.25) is 0 Å². The average molecular weight is 387 g/mol. The molecule has 0 saturated carbocycles. The van der Waals surface area contributed by atoms with E-state index < -0.39 is 0 Å². The van der Waals surface area contributed by atoms with Crippen LogP contribution in [0.2, 0.25) is 0 Å². The van der Waals surface area contributed by atoms with Crippen LogP contribution < -0.4 is 10.7 Å². The summed E-state index contributed by atoms with van der Waals surface area (Å²) < 4.78 is 1.70. The van der Waals surface area contributed by atoms with Crippen LogP contribution in [0.4, 0.5) is 11.5 Å². The zero-order valence-corrected chi connectivity index (χ0v) is 15.9. The minimum Gasteiger partial charge on any atom is -0.395 e. The zero-order valence-electron chi connectivity index (χ0n) is 15.9. The summed E-state index contributed by atoms with van der Waals surface area (Å²) >= 11 is 0. The molecule has 8 heteroatoms. The van der Waals surface area contributed by atoms with Crippen molar-refractivity contribution in [1.82, 2.24) is 19.6 Å². The number of hydrogen-bond donors (Lipinski definition) is 3. The molecule has 0 bridgehead atoms. The zero-order chi connectivity index (χ0) is 20.1. The van der Waals surface area contributed by atoms with E-state index in [-0.39, 0.29) is 6.61 Å². The lowest BCUT2D eigenvalue weighted by molar-refractivity contribution is 0.311. The quantitative estimate of drug-likeness (QED) is 0.333. The van der Waals surface area contributed by atoms with Crippen molar-refractivity contribution in [2.24, 2.45) is 5.10 Å². The monoisotopic (exact) mass is 387 g/mol. The van der Waals surface area contributed by atoms with Crippen molar-refractivity contribution in [1.29, 1.82) is 0 Å². The highest BCUT2D eigenvalue weighted by atomic mass is 16.3. The van der Waals surface area contributed by atoms with Crippen LogP contribution in [0.15, 0.2) is 66.2 Å². The van der Waals surface area contributed by atoms with Gasteiger partial charge in [0, 0.05) is 30.6 Å². The Bertz CT molecular complexity index is 1140. The second-order valence-electron chi connectivity index (χ2n) is 6.45. The van der Waals surface area contributed by atoms with Gasteiger partial charge in [0.1, 0.15) is 0 Å². The van der Waals surface area contributed by atoms with Gasteiger partial charge < -0.3 is 10.4 Å². The first kappa shape index (κ1) is 18.6. The number of nitrogens with zero attached hydrogens (tertiary/aromatic N) is 5. The van der Waals surface area contributed by atoms with Crippen molar-refractivity contribution in [3.63, 3.8) is 0 Å². The lowest BCUT2D eigenvalue weighted by Crippen LogP contribution is -2.09. The molecule has 0 saturated heterocycles. The number of imidazole rings is 1. The van der Waals surface area contributed by atoms with Crippen LogP contribution in [-0.2, 0) is 0 Å². The van der Waals surface area contributed by atoms with Crippen LogP contribution in [0.1, 0.15) is 11.1 Å². The summed E-state index contributed by atoms with van der Waals surface area (Å²) in [6, 6.07) is 13.6. The van der Waals surface area contributed by atoms with Crippen LogP contribution in [-0.4, -0.2) is 44.1 Å². The molecule has 3 heterocycles. The topological polar surface area (TPSA) is 99.7 Å². The number of aliphatic hydroxyl groups excluding tert-OH is 1. The minimum atomic E-state index is 0.0145. The summed E-state index contributed by atoms with van der Waals surface area (Å²) in [6.07, 6.45) is 7.07. The van der Waals surface area contributed by atoms with E-state index in [2.05, 4.69) is 30.9 Å². The lowest BCUT2D eigenvalue weighted by Gasteiger charge is -2.08. The number of hydrogen-bond acceptors (Lipinski definition) is 7. The molecule has 0 amide bonds. The smallest absolute Gasteiger partial charge is 0.177 e. The largest absolute Gasteiger partial charge is 0.395 e. The number of aromatic nitrogens is 4. The molecule has 0 radical (unpaired) electrons. The van der Waals surface area contributed by atoms with Gasteiger partial charge in [-0.2, -0.15) is 5.10 Å². The van der Waals surface area contributed by atoms with Crippen molar-refractivity contribution in [3.05, 3.63) is 72.2 Å². The molecular weight excluding hydrogens is 366 g/mol. The molecular formula is C21H21N7O. The van der Waals surface area contributed by atoms with Crippen LogP contribution in [0, 0.1) is 6.92 Å². The summed E-state index contributed by atoms with van der Waals surface area (Å²) in [5.74, 6) is 0.557. The standard InChI is InChI=1S/C21H21N7O/c1-15-4-2-3-5-17(15)13-24-26-20-12-18(23-10-11-29)21-25-19(14-28(21)27-20)16-6-8-22-9-7-16/h2-9,12-14,23,29H,10-11H2,1H3,(H,26,27)/b24-13+. The summed E-state index contributed by atoms with van der Waals surface area (Å²) in [5, 5.41) is 21.2. The van der Waals surface area contributed by atoms with Crippen LogP contribution in [0.5, 0.6) is 0 Å². The number of benzene rings is 1. The molecule has 1 aromatic carbocycles. The average Bonchev–Trinajstić information content (AvgIpc) is 3.18. The Morgan fingerprint density at radius 3 is 2.79 bits per heavy atom. The molecule has 0 fully saturated rings. The molecule has 0 spiro atoms. The summed E-state index contributed by atoms with van der Waals surface area (Å²) in [6.45, 7) is 2.46. The van der Waals surface area contributed by atoms with Crippen molar-refractivity contribution in [2.75, 3.05) is 23.9 Å². The van der Waals surface area contributed by atoms with E-state index in [9.17, 15) is 5.11 Å². The van der Waals surface area contributed by atoms with E-state index in [1.807, 2.05) is 55.6 Å². The van der Waals surface area contributed by atoms with Crippen molar-refractivity contribution >= 4 is 23.4 Å². The maximum Gasteiger partial charge on any atom is 0.177 e. The van der Waals surface area contributed by atoms with E-state index in [0.29, 0.717) is 18.0 Å². The van der Waals surface area contributed by atoms with Gasteiger partial charge in [0.25, 0.3) is 0 Å². The summed E-state index contributed by atoms with van der Waals surface area (Å²) in [7, 11) is 0. The Hall–Kier alpha value is -3.78. The first-order chi connectivity index (χ1) is 14.2. The molecule has 146 valence electrons. The van der Waals surface area contributed by atoms with Crippen molar-refractivity contribution in [2.45, 2.75) is 6.92 Å². The van der Waals surface area contributed by atoms with E-state index in [0.717, 1.165) is 28.1 Å². The Kier molecular flexibility index (Phi) is 5.44. The Morgan fingerprint density at radius 1 is 1.17 bits per heavy atom. The number of aliphatic hydroxyl groups is 1. The Balaban J connectivity index is 1.66. The number of nitrogens with one attached hydrogen (secondary N) is 2. The molecule has 4 rings (SSSR count). The third-order valence-corrected chi connectivity index (χ3v) is 4.40. The number of pyridine rings is 1. The predicted molar refractivity (Wildman–Crippen MR) is 114 cm³/mol. The number of anilines is 2. The van der Waals surface area contributed by atoms with E-state index in [1.165, 1.54) is 0 Å². The fourth-order valence-electron chi connectivity index (χ4n) is 2.91. The molecule has 0 aliphatic rings. The fraction of sp³-hybridized carbons (Fsp3) is 0.143. The normalized spacial score (nSPS) is 11.2. The van der Waals surface area contributed by atoms with Gasteiger partial charge >= 0.3 is 0 Å². The summed E-state index contributed by atoms with van der Waals surface area (Å²) in [4.78, 5) is 8.72. The molecule has 3 aromatic heterocycles. The second kappa shape index (κ2) is 8.49. The second-order valence-corrected chi connectivity index (χ2v) is 6.45. The van der Waals surface area contributed by atoms with Crippen LogP contribution >= 0.6 is 0 Å². The summed E-state index contributed by atoms with van der Waals surface area (Å²) in [5.41, 5.74) is 8.30. The van der Waals surface area contributed by atoms with Crippen molar-refractivity contribution < 1.29 is 5.11 Å². The molecule has 29 heavy (non-hydrogen) atoms. The molecule has 8 nitrogen and oxygen atoms in total. The Labute approximate surface area is 168 Å². The van der Waals surface area contributed by atoms with Gasteiger partial charge in [-0.05, 0) is 30.2 Å². The fourth-order valence-corrected chi connectivity index (χ4v) is 2.91. The number of rotatable bonds is 7. The maximum absolute atomic E-state index is 9.19. The van der Waals surface area contributed by atoms with Gasteiger partial charge in [0.05, 0.1) is 30.4 Å². The lowest BCUT2D eigenvalue weighted by atomic mass is 10.1. The van der Waals surface area contributed by atoms with Crippen LogP contribution in [0.25, 0.3) is 16.9 Å². The number of hydrazone groups is 1. The van der Waals surface area contributed by atoms with E-state index in [4.69, 9.17) is 0 Å². The number of aryl methyl sites for hydroxylation is 1. The first-order valence-electron chi connectivity index (χ1n) is 9.25. The highest BCUT2D eigenvalue weighted by Crippen LogP contribution is 2.24. The molecule has 0 atom stereocenters. The molecule has 0 unspecified atom stereocenters. The minimum absolute atomic E-state index is 0.0145. The SMILES string of the molecule is Cc1ccccc1/C=N/Nc1cc(NCCO)c2nc(-c3ccncc3)cn2n1. The predicted octanol–water partition coefficient (Wildman–Crippen LogP) is 2.95. The highest BCUT2D eigenvalue weighted by Gasteiger charge is 2.11. The van der Waals surface area contributed by atoms with E-state index >= 15 is 0 Å². The third kappa shape index (κ3) is 4.22. The van der Waals surface area contributed by atoms with Crippen LogP contribution in [0.3, 0.4) is 0 Å². The van der Waals surface area contributed by atoms with Gasteiger partial charge in [0.15, 0.2) is 11.5 Å². The molecule has 0 aliphatic heterocycles. The van der Waals surface area contributed by atoms with Gasteiger partial charge in [-0.1, -0.05) is 24.3 Å². The van der Waals surface area contributed by atoms with Gasteiger partial charge in [-0.3, -0.25) is 10.4 Å². The van der Waals surface area contributed by atoms with E-state index in [1.54, 1.807) is 23.1 Å². The highest BCUT2D eigenvalue weighted by molar-refractivity contribution is 5.82. The van der Waals surface area contributed by atoms with Gasteiger partial charge in [-0.25, -0.2) is 9.50 Å². The third-order valence-electron chi connectivity index (χ3n) is 4.40. The Morgan fingerprint density at radius 2 is 2.00 bits per heavy atom. The first-order valence-corrected chi connectivity index (χ1v) is 9.25. The van der Waals surface area contributed by atoms with Gasteiger partial charge in [-0.15, -0.1) is 5.10 Å².